The highest BCUT2D eigenvalue weighted by Crippen LogP contribution is 2.39. The van der Waals surface area contributed by atoms with Crippen molar-refractivity contribution < 1.29 is 13.6 Å². The molecule has 4 aromatic rings. The zero-order valence-electron chi connectivity index (χ0n) is 19.5. The molecule has 2 aromatic carbocycles. The lowest BCUT2D eigenvalue weighted by Gasteiger charge is -2.26. The zero-order chi connectivity index (χ0) is 23.8. The fourth-order valence-electron chi connectivity index (χ4n) is 5.60. The molecule has 2 aliphatic carbocycles. The van der Waals surface area contributed by atoms with Gasteiger partial charge in [-0.05, 0) is 79.6 Å². The Hall–Kier alpha value is -3.67. The van der Waals surface area contributed by atoms with E-state index < -0.39 is 0 Å². The van der Waals surface area contributed by atoms with Crippen LogP contribution in [-0.4, -0.2) is 15.5 Å². The fraction of sp³-hybridized carbons (Fsp3) is 0.310. The van der Waals surface area contributed by atoms with E-state index in [0.717, 1.165) is 49.1 Å². The van der Waals surface area contributed by atoms with Gasteiger partial charge in [-0.15, -0.1) is 0 Å². The first-order chi connectivity index (χ1) is 17.2. The Morgan fingerprint density at radius 3 is 2.60 bits per heavy atom. The number of carbonyl (C=O) groups is 1. The maximum Gasteiger partial charge on any atom is 0.287 e. The van der Waals surface area contributed by atoms with Crippen LogP contribution in [0, 0.1) is 5.82 Å². The normalized spacial score (nSPS) is 17.9. The minimum atomic E-state index is -0.285. The molecule has 2 aliphatic rings. The van der Waals surface area contributed by atoms with Crippen molar-refractivity contribution in [1.29, 1.82) is 0 Å². The SMILES string of the molecule is O=C(N[C@H]1CCCc2ccccc21)c1ccc(-c2c(-c3ccc(F)cc3)ncn2C2CCCC2)o1. The number of amides is 1. The summed E-state index contributed by atoms with van der Waals surface area (Å²) < 4.78 is 21.9. The van der Waals surface area contributed by atoms with E-state index in [1.54, 1.807) is 18.2 Å². The van der Waals surface area contributed by atoms with Crippen molar-refractivity contribution in [2.24, 2.45) is 0 Å². The smallest absolute Gasteiger partial charge is 0.287 e. The van der Waals surface area contributed by atoms with Crippen LogP contribution in [0.3, 0.4) is 0 Å². The number of hydrogen-bond donors (Lipinski definition) is 1. The summed E-state index contributed by atoms with van der Waals surface area (Å²) in [6.45, 7) is 0. The molecular formula is C29H28FN3O2. The van der Waals surface area contributed by atoms with Crippen molar-refractivity contribution in [3.63, 3.8) is 0 Å². The Labute approximate surface area is 204 Å². The summed E-state index contributed by atoms with van der Waals surface area (Å²) in [5.41, 5.74) is 4.88. The van der Waals surface area contributed by atoms with Crippen molar-refractivity contribution in [2.75, 3.05) is 0 Å². The van der Waals surface area contributed by atoms with Gasteiger partial charge in [0.05, 0.1) is 18.1 Å². The maximum absolute atomic E-state index is 13.6. The third kappa shape index (κ3) is 4.18. The first kappa shape index (κ1) is 21.8. The first-order valence-electron chi connectivity index (χ1n) is 12.5. The van der Waals surface area contributed by atoms with Crippen LogP contribution in [0.5, 0.6) is 0 Å². The van der Waals surface area contributed by atoms with E-state index in [1.807, 2.05) is 24.5 Å². The van der Waals surface area contributed by atoms with Crippen LogP contribution in [0.25, 0.3) is 22.7 Å². The Morgan fingerprint density at radius 2 is 1.77 bits per heavy atom. The van der Waals surface area contributed by atoms with Crippen molar-refractivity contribution in [3.05, 3.63) is 89.7 Å². The summed E-state index contributed by atoms with van der Waals surface area (Å²) in [6.07, 6.45) is 9.40. The summed E-state index contributed by atoms with van der Waals surface area (Å²) in [6, 6.07) is 18.6. The van der Waals surface area contributed by atoms with Crippen LogP contribution in [0.15, 0.2) is 71.4 Å². The molecule has 0 unspecified atom stereocenters. The Balaban J connectivity index is 1.32. The van der Waals surface area contributed by atoms with Crippen LogP contribution in [0.2, 0.25) is 0 Å². The van der Waals surface area contributed by atoms with Gasteiger partial charge in [-0.3, -0.25) is 4.79 Å². The predicted octanol–water partition coefficient (Wildman–Crippen LogP) is 6.87. The second kappa shape index (κ2) is 9.17. The van der Waals surface area contributed by atoms with Crippen LogP contribution >= 0.6 is 0 Å². The number of halogens is 1. The Morgan fingerprint density at radius 1 is 0.971 bits per heavy atom. The molecule has 0 radical (unpaired) electrons. The highest BCUT2D eigenvalue weighted by Gasteiger charge is 2.27. The first-order valence-corrected chi connectivity index (χ1v) is 12.5. The van der Waals surface area contributed by atoms with Gasteiger partial charge in [-0.1, -0.05) is 37.1 Å². The molecule has 6 rings (SSSR count). The van der Waals surface area contributed by atoms with Gasteiger partial charge < -0.3 is 14.3 Å². The molecule has 0 bridgehead atoms. The molecule has 1 saturated carbocycles. The van der Waals surface area contributed by atoms with E-state index in [1.165, 1.54) is 36.1 Å². The summed E-state index contributed by atoms with van der Waals surface area (Å²) in [7, 11) is 0. The molecule has 1 amide bonds. The quantitative estimate of drug-likeness (QED) is 0.347. The second-order valence-corrected chi connectivity index (χ2v) is 9.58. The predicted molar refractivity (Wildman–Crippen MR) is 132 cm³/mol. The van der Waals surface area contributed by atoms with E-state index in [2.05, 4.69) is 27.0 Å². The number of rotatable bonds is 5. The molecular weight excluding hydrogens is 441 g/mol. The van der Waals surface area contributed by atoms with Crippen molar-refractivity contribution in [1.82, 2.24) is 14.9 Å². The zero-order valence-corrected chi connectivity index (χ0v) is 19.5. The van der Waals surface area contributed by atoms with Gasteiger partial charge in [0.15, 0.2) is 11.5 Å². The molecule has 0 spiro atoms. The number of carbonyl (C=O) groups excluding carboxylic acids is 1. The Bertz CT molecular complexity index is 1350. The number of aromatic nitrogens is 2. The lowest BCUT2D eigenvalue weighted by molar-refractivity contribution is 0.0905. The largest absolute Gasteiger partial charge is 0.449 e. The maximum atomic E-state index is 13.6. The third-order valence-corrected chi connectivity index (χ3v) is 7.37. The number of hydrogen-bond acceptors (Lipinski definition) is 3. The molecule has 35 heavy (non-hydrogen) atoms. The van der Waals surface area contributed by atoms with Gasteiger partial charge in [-0.25, -0.2) is 9.37 Å². The molecule has 6 heteroatoms. The third-order valence-electron chi connectivity index (χ3n) is 7.37. The number of nitrogens with one attached hydrogen (secondary N) is 1. The molecule has 1 fully saturated rings. The molecule has 1 atom stereocenters. The van der Waals surface area contributed by atoms with Gasteiger partial charge >= 0.3 is 0 Å². The van der Waals surface area contributed by atoms with E-state index in [-0.39, 0.29) is 23.5 Å². The van der Waals surface area contributed by atoms with E-state index in [4.69, 9.17) is 4.42 Å². The molecule has 0 saturated heterocycles. The van der Waals surface area contributed by atoms with E-state index in [0.29, 0.717) is 11.8 Å². The van der Waals surface area contributed by atoms with Gasteiger partial charge in [0.2, 0.25) is 0 Å². The lowest BCUT2D eigenvalue weighted by Crippen LogP contribution is -2.30. The Kier molecular flexibility index (Phi) is 5.72. The lowest BCUT2D eigenvalue weighted by atomic mass is 9.88. The van der Waals surface area contributed by atoms with E-state index >= 15 is 0 Å². The molecule has 2 aromatic heterocycles. The van der Waals surface area contributed by atoms with Gasteiger partial charge in [0.1, 0.15) is 11.5 Å². The number of nitrogens with zero attached hydrogens (tertiary/aromatic N) is 2. The highest BCUT2D eigenvalue weighted by atomic mass is 19.1. The molecule has 0 aliphatic heterocycles. The van der Waals surface area contributed by atoms with Gasteiger partial charge in [0, 0.05) is 11.6 Å². The number of benzene rings is 2. The second-order valence-electron chi connectivity index (χ2n) is 9.58. The summed E-state index contributed by atoms with van der Waals surface area (Å²) >= 11 is 0. The van der Waals surface area contributed by atoms with Gasteiger partial charge in [-0.2, -0.15) is 0 Å². The van der Waals surface area contributed by atoms with Crippen molar-refractivity contribution >= 4 is 5.91 Å². The highest BCUT2D eigenvalue weighted by molar-refractivity contribution is 5.92. The molecule has 5 nitrogen and oxygen atoms in total. The monoisotopic (exact) mass is 469 g/mol. The molecule has 2 heterocycles. The van der Waals surface area contributed by atoms with Crippen LogP contribution < -0.4 is 5.32 Å². The van der Waals surface area contributed by atoms with Crippen LogP contribution in [-0.2, 0) is 6.42 Å². The minimum absolute atomic E-state index is 0.0141. The fourth-order valence-corrected chi connectivity index (χ4v) is 5.60. The average Bonchev–Trinajstić information content (AvgIpc) is 3.65. The van der Waals surface area contributed by atoms with Crippen molar-refractivity contribution in [2.45, 2.75) is 57.0 Å². The van der Waals surface area contributed by atoms with Crippen LogP contribution in [0.4, 0.5) is 4.39 Å². The number of fused-ring (bicyclic) bond motifs is 1. The minimum Gasteiger partial charge on any atom is -0.449 e. The van der Waals surface area contributed by atoms with Crippen molar-refractivity contribution in [3.8, 4) is 22.7 Å². The number of imidazole rings is 1. The van der Waals surface area contributed by atoms with E-state index in [9.17, 15) is 9.18 Å². The summed E-state index contributed by atoms with van der Waals surface area (Å²) in [5, 5.41) is 3.18. The number of aryl methyl sites for hydroxylation is 1. The standard InChI is InChI=1S/C29H28FN3O2/c30-21-14-12-20(13-15-21)27-28(33(18-31-27)22-8-2-3-9-22)25-16-17-26(35-25)29(34)32-24-11-5-7-19-6-1-4-10-23(19)24/h1,4,6,10,12-18,22,24H,2-3,5,7-9,11H2,(H,32,34)/t24-/m0/s1. The van der Waals surface area contributed by atoms with Gasteiger partial charge in [0.25, 0.3) is 5.91 Å². The topological polar surface area (TPSA) is 60.1 Å². The summed E-state index contributed by atoms with van der Waals surface area (Å²) in [4.78, 5) is 17.9. The molecule has 178 valence electrons. The average molecular weight is 470 g/mol. The summed E-state index contributed by atoms with van der Waals surface area (Å²) in [5.74, 6) is 0.384. The number of furan rings is 1. The van der Waals surface area contributed by atoms with Crippen LogP contribution in [0.1, 0.15) is 72.3 Å². The molecule has 1 N–H and O–H groups in total.